The first-order valence-electron chi connectivity index (χ1n) is 8.50. The molecule has 9 heteroatoms. The maximum atomic E-state index is 12.8. The molecule has 142 valence electrons. The van der Waals surface area contributed by atoms with Gasteiger partial charge in [0.1, 0.15) is 5.75 Å². The molecule has 0 radical (unpaired) electrons. The maximum absolute atomic E-state index is 12.8. The highest BCUT2D eigenvalue weighted by atomic mass is 32.2. The lowest BCUT2D eigenvalue weighted by Crippen LogP contribution is -2.44. The molecule has 1 unspecified atom stereocenters. The van der Waals surface area contributed by atoms with Crippen molar-refractivity contribution in [3.8, 4) is 5.75 Å². The SMILES string of the molecule is COc1ccc(C2SCCN2S(=O)(=O)CCN2C(=O)CCCC2=O)cc1. The summed E-state index contributed by atoms with van der Waals surface area (Å²) >= 11 is 1.56. The zero-order valence-corrected chi connectivity index (χ0v) is 16.2. The second-order valence-corrected chi connectivity index (χ2v) is 9.44. The number of rotatable bonds is 6. The van der Waals surface area contributed by atoms with Crippen LogP contribution in [0, 0.1) is 0 Å². The molecule has 2 aliphatic heterocycles. The first-order valence-corrected chi connectivity index (χ1v) is 11.2. The molecule has 2 fully saturated rings. The quantitative estimate of drug-likeness (QED) is 0.677. The van der Waals surface area contributed by atoms with E-state index >= 15 is 0 Å². The molecule has 0 N–H and O–H groups in total. The zero-order valence-electron chi connectivity index (χ0n) is 14.6. The minimum absolute atomic E-state index is 0.0729. The van der Waals surface area contributed by atoms with E-state index in [4.69, 9.17) is 4.74 Å². The monoisotopic (exact) mass is 398 g/mol. The lowest BCUT2D eigenvalue weighted by atomic mass is 10.1. The number of amides is 2. The third kappa shape index (κ3) is 4.05. The number of carbonyl (C=O) groups excluding carboxylic acids is 2. The number of piperidine rings is 1. The van der Waals surface area contributed by atoms with Gasteiger partial charge in [0.05, 0.1) is 18.2 Å². The second kappa shape index (κ2) is 7.98. The third-order valence-corrected chi connectivity index (χ3v) is 7.76. The number of hydrogen-bond donors (Lipinski definition) is 0. The highest BCUT2D eigenvalue weighted by molar-refractivity contribution is 8.00. The fourth-order valence-electron chi connectivity index (χ4n) is 3.14. The van der Waals surface area contributed by atoms with E-state index in [0.29, 0.717) is 37.3 Å². The van der Waals surface area contributed by atoms with Crippen molar-refractivity contribution >= 4 is 33.6 Å². The molecule has 2 aliphatic rings. The van der Waals surface area contributed by atoms with E-state index in [1.165, 1.54) is 4.31 Å². The van der Waals surface area contributed by atoms with Gasteiger partial charge in [-0.3, -0.25) is 14.5 Å². The largest absolute Gasteiger partial charge is 0.497 e. The average molecular weight is 399 g/mol. The second-order valence-electron chi connectivity index (χ2n) is 6.22. The standard InChI is InChI=1S/C17H22N2O5S2/c1-24-14-7-5-13(6-8-14)17-19(9-11-25-17)26(22,23)12-10-18-15(20)3-2-4-16(18)21/h5-8,17H,2-4,9-12H2,1H3. The van der Waals surface area contributed by atoms with Crippen molar-refractivity contribution in [1.29, 1.82) is 0 Å². The van der Waals surface area contributed by atoms with Crippen molar-refractivity contribution in [3.63, 3.8) is 0 Å². The summed E-state index contributed by atoms with van der Waals surface area (Å²) in [5, 5.41) is -0.293. The number of likely N-dealkylation sites (tertiary alicyclic amines) is 1. The van der Waals surface area contributed by atoms with Crippen molar-refractivity contribution in [3.05, 3.63) is 29.8 Å². The van der Waals surface area contributed by atoms with Crippen LogP contribution in [0.15, 0.2) is 24.3 Å². The summed E-state index contributed by atoms with van der Waals surface area (Å²) in [7, 11) is -2.00. The molecular weight excluding hydrogens is 376 g/mol. The van der Waals surface area contributed by atoms with Gasteiger partial charge in [0.25, 0.3) is 0 Å². The van der Waals surface area contributed by atoms with E-state index in [1.54, 1.807) is 18.9 Å². The van der Waals surface area contributed by atoms with Crippen LogP contribution in [0.1, 0.15) is 30.2 Å². The van der Waals surface area contributed by atoms with E-state index < -0.39 is 10.0 Å². The Hall–Kier alpha value is -1.58. The number of sulfonamides is 1. The number of imide groups is 1. The fraction of sp³-hybridized carbons (Fsp3) is 0.529. The van der Waals surface area contributed by atoms with Crippen molar-refractivity contribution in [2.45, 2.75) is 24.6 Å². The summed E-state index contributed by atoms with van der Waals surface area (Å²) in [4.78, 5) is 24.8. The summed E-state index contributed by atoms with van der Waals surface area (Å²) in [6.45, 7) is 0.349. The number of hydrogen-bond acceptors (Lipinski definition) is 6. The lowest BCUT2D eigenvalue weighted by Gasteiger charge is -2.27. The number of carbonyl (C=O) groups is 2. The molecule has 0 spiro atoms. The molecule has 26 heavy (non-hydrogen) atoms. The first kappa shape index (κ1) is 19.2. The summed E-state index contributed by atoms with van der Waals surface area (Å²) in [6, 6.07) is 7.35. The molecule has 0 aliphatic carbocycles. The Morgan fingerprint density at radius 3 is 2.42 bits per heavy atom. The van der Waals surface area contributed by atoms with E-state index in [9.17, 15) is 18.0 Å². The molecule has 0 aromatic heterocycles. The number of thioether (sulfide) groups is 1. The molecule has 1 aromatic carbocycles. The van der Waals surface area contributed by atoms with Crippen LogP contribution in [0.25, 0.3) is 0 Å². The number of methoxy groups -OCH3 is 1. The Balaban J connectivity index is 1.70. The van der Waals surface area contributed by atoms with E-state index in [1.807, 2.05) is 24.3 Å². The summed E-state index contributed by atoms with van der Waals surface area (Å²) in [5.41, 5.74) is 0.891. The van der Waals surface area contributed by atoms with Crippen molar-refractivity contribution in [2.24, 2.45) is 0 Å². The molecule has 2 heterocycles. The number of nitrogens with zero attached hydrogens (tertiary/aromatic N) is 2. The molecule has 2 amide bonds. The Labute approximate surface area is 157 Å². The Morgan fingerprint density at radius 1 is 1.15 bits per heavy atom. The number of ether oxygens (including phenoxy) is 1. The van der Waals surface area contributed by atoms with Gasteiger partial charge in [-0.05, 0) is 24.1 Å². The van der Waals surface area contributed by atoms with Gasteiger partial charge in [0, 0.05) is 31.7 Å². The molecule has 7 nitrogen and oxygen atoms in total. The highest BCUT2D eigenvalue weighted by Gasteiger charge is 2.37. The van der Waals surface area contributed by atoms with Crippen LogP contribution in [0.3, 0.4) is 0 Å². The van der Waals surface area contributed by atoms with Gasteiger partial charge in [0.2, 0.25) is 21.8 Å². The minimum atomic E-state index is -3.58. The van der Waals surface area contributed by atoms with Gasteiger partial charge in [-0.1, -0.05) is 12.1 Å². The van der Waals surface area contributed by atoms with Gasteiger partial charge in [-0.15, -0.1) is 11.8 Å². The van der Waals surface area contributed by atoms with Gasteiger partial charge in [0.15, 0.2) is 0 Å². The first-order chi connectivity index (χ1) is 12.4. The predicted octanol–water partition coefficient (Wildman–Crippen LogP) is 1.61. The van der Waals surface area contributed by atoms with Crippen LogP contribution in [-0.2, 0) is 19.6 Å². The van der Waals surface area contributed by atoms with E-state index in [-0.39, 0.29) is 29.5 Å². The normalized spacial score (nSPS) is 22.0. The Bertz CT molecular complexity index is 763. The molecular formula is C17H22N2O5S2. The van der Waals surface area contributed by atoms with E-state index in [0.717, 1.165) is 10.5 Å². The van der Waals surface area contributed by atoms with Gasteiger partial charge >= 0.3 is 0 Å². The van der Waals surface area contributed by atoms with Gasteiger partial charge in [-0.2, -0.15) is 4.31 Å². The molecule has 3 rings (SSSR count). The van der Waals surface area contributed by atoms with Crippen molar-refractivity contribution < 1.29 is 22.7 Å². The number of benzene rings is 1. The van der Waals surface area contributed by atoms with Crippen LogP contribution in [0.5, 0.6) is 5.75 Å². The Kier molecular flexibility index (Phi) is 5.89. The third-order valence-electron chi connectivity index (χ3n) is 4.56. The molecule has 2 saturated heterocycles. The minimum Gasteiger partial charge on any atom is -0.497 e. The smallest absolute Gasteiger partial charge is 0.229 e. The average Bonchev–Trinajstić information content (AvgIpc) is 3.12. The van der Waals surface area contributed by atoms with Crippen LogP contribution in [-0.4, -0.2) is 61.1 Å². The predicted molar refractivity (Wildman–Crippen MR) is 99.3 cm³/mol. The lowest BCUT2D eigenvalue weighted by molar-refractivity contribution is -0.147. The molecule has 1 atom stereocenters. The topological polar surface area (TPSA) is 84.0 Å². The van der Waals surface area contributed by atoms with Crippen molar-refractivity contribution in [2.75, 3.05) is 31.7 Å². The zero-order chi connectivity index (χ0) is 18.7. The summed E-state index contributed by atoms with van der Waals surface area (Å²) in [5.74, 6) is 0.626. The van der Waals surface area contributed by atoms with Crippen LogP contribution < -0.4 is 4.74 Å². The van der Waals surface area contributed by atoms with Gasteiger partial charge in [-0.25, -0.2) is 8.42 Å². The Morgan fingerprint density at radius 2 is 1.81 bits per heavy atom. The van der Waals surface area contributed by atoms with Crippen molar-refractivity contribution in [1.82, 2.24) is 9.21 Å². The molecule has 1 aromatic rings. The highest BCUT2D eigenvalue weighted by Crippen LogP contribution is 2.40. The maximum Gasteiger partial charge on any atom is 0.229 e. The van der Waals surface area contributed by atoms with Gasteiger partial charge < -0.3 is 4.74 Å². The summed E-state index contributed by atoms with van der Waals surface area (Å²) in [6.07, 6.45) is 1.16. The summed E-state index contributed by atoms with van der Waals surface area (Å²) < 4.78 is 32.3. The van der Waals surface area contributed by atoms with Crippen LogP contribution >= 0.6 is 11.8 Å². The molecule has 0 saturated carbocycles. The van der Waals surface area contributed by atoms with Crippen LogP contribution in [0.2, 0.25) is 0 Å². The van der Waals surface area contributed by atoms with Crippen LogP contribution in [0.4, 0.5) is 0 Å². The van der Waals surface area contributed by atoms with E-state index in [2.05, 4.69) is 0 Å². The fourth-order valence-corrected chi connectivity index (χ4v) is 6.41. The molecule has 0 bridgehead atoms.